The molecular formula is C27H28ClN7O3. The van der Waals surface area contributed by atoms with Crippen LogP contribution in [0.1, 0.15) is 24.2 Å². The quantitative estimate of drug-likeness (QED) is 0.364. The van der Waals surface area contributed by atoms with E-state index in [9.17, 15) is 4.79 Å². The fraction of sp³-hybridized carbons (Fsp3) is 0.333. The van der Waals surface area contributed by atoms with E-state index in [0.717, 1.165) is 66.5 Å². The molecule has 0 saturated carbocycles. The number of hydrogen-bond acceptors (Lipinski definition) is 7. The molecule has 0 spiro atoms. The van der Waals surface area contributed by atoms with E-state index in [1.54, 1.807) is 13.2 Å². The lowest BCUT2D eigenvalue weighted by Crippen LogP contribution is -2.49. The van der Waals surface area contributed by atoms with E-state index >= 15 is 0 Å². The molecule has 0 atom stereocenters. The number of rotatable bonds is 5. The highest BCUT2D eigenvalue weighted by Crippen LogP contribution is 2.32. The third kappa shape index (κ3) is 4.79. The fourth-order valence-corrected chi connectivity index (χ4v) is 5.47. The number of hydrogen-bond donors (Lipinski definition) is 2. The van der Waals surface area contributed by atoms with Crippen molar-refractivity contribution < 1.29 is 14.3 Å². The molecule has 2 N–H and O–H groups in total. The molecule has 2 aromatic heterocycles. The van der Waals surface area contributed by atoms with Gasteiger partial charge in [-0.1, -0.05) is 11.6 Å². The van der Waals surface area contributed by atoms with Gasteiger partial charge in [-0.3, -0.25) is 0 Å². The Kier molecular flexibility index (Phi) is 6.40. The zero-order valence-corrected chi connectivity index (χ0v) is 22.0. The summed E-state index contributed by atoms with van der Waals surface area (Å²) in [6, 6.07) is 11.3. The Morgan fingerprint density at radius 1 is 1.05 bits per heavy atom. The van der Waals surface area contributed by atoms with Gasteiger partial charge in [-0.2, -0.15) is 0 Å². The Bertz CT molecular complexity index is 1500. The number of amides is 2. The van der Waals surface area contributed by atoms with Crippen LogP contribution < -0.4 is 19.7 Å². The molecule has 6 rings (SSSR count). The van der Waals surface area contributed by atoms with Gasteiger partial charge in [-0.15, -0.1) is 0 Å². The van der Waals surface area contributed by atoms with Crippen LogP contribution in [-0.2, 0) is 6.42 Å². The minimum Gasteiger partial charge on any atom is -0.497 e. The second-order valence-corrected chi connectivity index (χ2v) is 9.96. The van der Waals surface area contributed by atoms with E-state index < -0.39 is 0 Å². The highest BCUT2D eigenvalue weighted by atomic mass is 35.5. The largest absolute Gasteiger partial charge is 0.497 e. The minimum absolute atomic E-state index is 0.0480. The molecule has 1 saturated heterocycles. The summed E-state index contributed by atoms with van der Waals surface area (Å²) < 4.78 is 11.4. The van der Waals surface area contributed by atoms with Crippen molar-refractivity contribution >= 4 is 40.2 Å². The molecule has 10 nitrogen and oxygen atoms in total. The van der Waals surface area contributed by atoms with Crippen LogP contribution in [0.25, 0.3) is 11.0 Å². The highest BCUT2D eigenvalue weighted by Gasteiger charge is 2.30. The summed E-state index contributed by atoms with van der Waals surface area (Å²) in [5, 5.41) is 3.59. The Morgan fingerprint density at radius 2 is 1.89 bits per heavy atom. The van der Waals surface area contributed by atoms with Crippen LogP contribution in [0.15, 0.2) is 42.7 Å². The predicted molar refractivity (Wildman–Crippen MR) is 146 cm³/mol. The van der Waals surface area contributed by atoms with Gasteiger partial charge in [0.05, 0.1) is 17.6 Å². The third-order valence-corrected chi connectivity index (χ3v) is 7.44. The number of carbonyl (C=O) groups excluding carboxylic acids is 1. The van der Waals surface area contributed by atoms with Gasteiger partial charge in [-0.25, -0.2) is 19.7 Å². The molecule has 11 heteroatoms. The van der Waals surface area contributed by atoms with Gasteiger partial charge in [0.15, 0.2) is 0 Å². The zero-order chi connectivity index (χ0) is 26.2. The van der Waals surface area contributed by atoms with Crippen molar-refractivity contribution in [3.63, 3.8) is 0 Å². The van der Waals surface area contributed by atoms with Crippen molar-refractivity contribution in [2.75, 3.05) is 37.0 Å². The van der Waals surface area contributed by atoms with E-state index in [2.05, 4.69) is 30.2 Å². The number of nitrogens with one attached hydrogen (secondary N) is 2. The van der Waals surface area contributed by atoms with Crippen LogP contribution in [0, 0.1) is 6.92 Å². The number of aryl methyl sites for hydroxylation is 1. The van der Waals surface area contributed by atoms with Gasteiger partial charge in [-0.05, 0) is 49.9 Å². The molecule has 4 aromatic rings. The van der Waals surface area contributed by atoms with Gasteiger partial charge in [0.25, 0.3) is 0 Å². The number of aromatic nitrogens is 4. The number of anilines is 2. The monoisotopic (exact) mass is 533 g/mol. The Hall–Kier alpha value is -4.05. The predicted octanol–water partition coefficient (Wildman–Crippen LogP) is 5.17. The average Bonchev–Trinajstić information content (AvgIpc) is 3.22. The van der Waals surface area contributed by atoms with Gasteiger partial charge in [0, 0.05) is 49.6 Å². The molecule has 2 aliphatic heterocycles. The second-order valence-electron chi connectivity index (χ2n) is 9.55. The SMILES string of the molecule is COc1ccc2c(c1)CCN(C1CCN(c3cc(Oc4cc(Cl)c5nc(C)[nH]c5c4)ncn3)CC1)C(=O)N2. The number of ether oxygens (including phenoxy) is 2. The fourth-order valence-electron chi connectivity index (χ4n) is 5.22. The van der Waals surface area contributed by atoms with E-state index in [0.29, 0.717) is 28.7 Å². The third-order valence-electron chi connectivity index (χ3n) is 7.15. The number of H-pyrrole nitrogens is 1. The van der Waals surface area contributed by atoms with Crippen molar-refractivity contribution in [1.82, 2.24) is 24.8 Å². The lowest BCUT2D eigenvalue weighted by atomic mass is 10.0. The molecule has 2 aliphatic rings. The molecule has 1 fully saturated rings. The lowest BCUT2D eigenvalue weighted by molar-refractivity contribution is 0.177. The Morgan fingerprint density at radius 3 is 2.71 bits per heavy atom. The summed E-state index contributed by atoms with van der Waals surface area (Å²) in [6.45, 7) is 4.10. The molecular weight excluding hydrogens is 506 g/mol. The van der Waals surface area contributed by atoms with E-state index in [4.69, 9.17) is 21.1 Å². The number of carbonyl (C=O) groups is 1. The van der Waals surface area contributed by atoms with E-state index in [1.807, 2.05) is 42.2 Å². The number of imidazole rings is 1. The summed E-state index contributed by atoms with van der Waals surface area (Å²) in [5.74, 6) is 3.38. The Balaban J connectivity index is 1.11. The van der Waals surface area contributed by atoms with Crippen LogP contribution >= 0.6 is 11.6 Å². The average molecular weight is 534 g/mol. The highest BCUT2D eigenvalue weighted by molar-refractivity contribution is 6.35. The van der Waals surface area contributed by atoms with Crippen molar-refractivity contribution in [3.8, 4) is 17.4 Å². The molecule has 2 aromatic carbocycles. The smallest absolute Gasteiger partial charge is 0.322 e. The van der Waals surface area contributed by atoms with E-state index in [1.165, 1.54) is 6.33 Å². The molecule has 2 amide bonds. The summed E-state index contributed by atoms with van der Waals surface area (Å²) in [6.07, 6.45) is 3.98. The summed E-state index contributed by atoms with van der Waals surface area (Å²) in [5.41, 5.74) is 3.46. The van der Waals surface area contributed by atoms with Gasteiger partial charge in [0.1, 0.15) is 35.0 Å². The van der Waals surface area contributed by atoms with Gasteiger partial charge < -0.3 is 29.6 Å². The number of fused-ring (bicyclic) bond motifs is 2. The number of piperidine rings is 1. The maximum atomic E-state index is 13.0. The van der Waals surface area contributed by atoms with Crippen LogP contribution in [-0.4, -0.2) is 63.7 Å². The van der Waals surface area contributed by atoms with Crippen LogP contribution in [0.5, 0.6) is 17.4 Å². The first-order valence-electron chi connectivity index (χ1n) is 12.6. The first kappa shape index (κ1) is 24.3. The van der Waals surface area contributed by atoms with Gasteiger partial charge >= 0.3 is 6.03 Å². The number of aromatic amines is 1. The first-order valence-corrected chi connectivity index (χ1v) is 13.0. The summed E-state index contributed by atoms with van der Waals surface area (Å²) in [7, 11) is 1.65. The molecule has 196 valence electrons. The molecule has 0 unspecified atom stereocenters. The molecule has 4 heterocycles. The topological polar surface area (TPSA) is 108 Å². The normalized spacial score (nSPS) is 16.2. The first-order chi connectivity index (χ1) is 18.5. The maximum Gasteiger partial charge on any atom is 0.322 e. The zero-order valence-electron chi connectivity index (χ0n) is 21.2. The number of urea groups is 1. The molecule has 0 bridgehead atoms. The van der Waals surface area contributed by atoms with E-state index in [-0.39, 0.29) is 12.1 Å². The van der Waals surface area contributed by atoms with Crippen LogP contribution in [0.3, 0.4) is 0 Å². The summed E-state index contributed by atoms with van der Waals surface area (Å²) in [4.78, 5) is 33.5. The van der Waals surface area contributed by atoms with Crippen LogP contribution in [0.2, 0.25) is 5.02 Å². The maximum absolute atomic E-state index is 13.0. The number of nitrogens with zero attached hydrogens (tertiary/aromatic N) is 5. The molecule has 0 radical (unpaired) electrons. The number of halogens is 1. The van der Waals surface area contributed by atoms with Crippen molar-refractivity contribution in [2.45, 2.75) is 32.2 Å². The minimum atomic E-state index is -0.0480. The second kappa shape index (κ2) is 10.0. The van der Waals surface area contributed by atoms with Gasteiger partial charge in [0.2, 0.25) is 5.88 Å². The lowest BCUT2D eigenvalue weighted by Gasteiger charge is -2.38. The molecule has 38 heavy (non-hydrogen) atoms. The molecule has 0 aliphatic carbocycles. The number of benzene rings is 2. The van der Waals surface area contributed by atoms with Crippen LogP contribution in [0.4, 0.5) is 16.3 Å². The van der Waals surface area contributed by atoms with Crippen molar-refractivity contribution in [1.29, 1.82) is 0 Å². The Labute approximate surface area is 224 Å². The summed E-state index contributed by atoms with van der Waals surface area (Å²) >= 11 is 6.39. The van der Waals surface area contributed by atoms with Crippen molar-refractivity contribution in [2.24, 2.45) is 0 Å². The van der Waals surface area contributed by atoms with Crippen molar-refractivity contribution in [3.05, 3.63) is 59.1 Å². The standard InChI is InChI=1S/C27H28ClN7O3/c1-16-31-23-13-20(12-21(28)26(23)32-16)38-25-14-24(29-15-30-25)34-8-6-18(7-9-34)35-10-5-17-11-19(37-2)3-4-22(17)33-27(35)36/h3-4,11-15,18H,5-10H2,1-2H3,(H,31,32)(H,33,36). The number of methoxy groups -OCH3 is 1.